The van der Waals surface area contributed by atoms with Crippen LogP contribution in [-0.2, 0) is 11.8 Å². The number of carbonyl (C=O) groups is 1. The van der Waals surface area contributed by atoms with Crippen molar-refractivity contribution in [2.45, 2.75) is 19.9 Å². The molecule has 24 heavy (non-hydrogen) atoms. The minimum absolute atomic E-state index is 0.0934. The van der Waals surface area contributed by atoms with Gasteiger partial charge in [0.1, 0.15) is 5.52 Å². The zero-order valence-corrected chi connectivity index (χ0v) is 14.1. The van der Waals surface area contributed by atoms with Crippen LogP contribution in [0.25, 0.3) is 22.4 Å². The highest BCUT2D eigenvalue weighted by Crippen LogP contribution is 2.23. The Morgan fingerprint density at radius 2 is 2.29 bits per heavy atom. The van der Waals surface area contributed by atoms with E-state index in [0.717, 1.165) is 11.3 Å². The zero-order valence-electron chi connectivity index (χ0n) is 14.1. The van der Waals surface area contributed by atoms with Gasteiger partial charge in [0.25, 0.3) is 5.91 Å². The fourth-order valence-corrected chi connectivity index (χ4v) is 2.64. The molecule has 0 saturated heterocycles. The lowest BCUT2D eigenvalue weighted by molar-refractivity contribution is 0.0907. The van der Waals surface area contributed by atoms with E-state index in [-0.39, 0.29) is 11.9 Å². The van der Waals surface area contributed by atoms with Crippen LogP contribution in [0.4, 0.5) is 0 Å². The van der Waals surface area contributed by atoms with Gasteiger partial charge in [0, 0.05) is 38.2 Å². The SMILES string of the molecule is COCC(C)NC(=O)c1c[nH]c2ncc(-c3cn(C)nc3C)nc12. The van der Waals surface area contributed by atoms with Gasteiger partial charge in [-0.1, -0.05) is 0 Å². The van der Waals surface area contributed by atoms with Crippen molar-refractivity contribution in [2.24, 2.45) is 7.05 Å². The van der Waals surface area contributed by atoms with Gasteiger partial charge in [0.05, 0.1) is 29.8 Å². The fraction of sp³-hybridized carbons (Fsp3) is 0.375. The number of rotatable bonds is 5. The van der Waals surface area contributed by atoms with E-state index in [4.69, 9.17) is 4.74 Å². The van der Waals surface area contributed by atoms with E-state index in [1.54, 1.807) is 24.2 Å². The summed E-state index contributed by atoms with van der Waals surface area (Å²) >= 11 is 0. The molecule has 0 aliphatic carbocycles. The second-order valence-electron chi connectivity index (χ2n) is 5.79. The highest BCUT2D eigenvalue weighted by Gasteiger charge is 2.18. The number of amides is 1. The average molecular weight is 328 g/mol. The largest absolute Gasteiger partial charge is 0.383 e. The summed E-state index contributed by atoms with van der Waals surface area (Å²) in [4.78, 5) is 24.4. The fourth-order valence-electron chi connectivity index (χ4n) is 2.64. The molecule has 1 amide bonds. The Bertz CT molecular complexity index is 882. The molecule has 0 aromatic carbocycles. The zero-order chi connectivity index (χ0) is 17.3. The second kappa shape index (κ2) is 6.40. The molecule has 1 atom stereocenters. The summed E-state index contributed by atoms with van der Waals surface area (Å²) in [5.41, 5.74) is 4.02. The Morgan fingerprint density at radius 3 is 2.96 bits per heavy atom. The van der Waals surface area contributed by atoms with Crippen LogP contribution >= 0.6 is 0 Å². The smallest absolute Gasteiger partial charge is 0.255 e. The molecule has 0 fully saturated rings. The van der Waals surface area contributed by atoms with E-state index in [0.29, 0.717) is 29.0 Å². The maximum absolute atomic E-state index is 12.5. The number of ether oxygens (including phenoxy) is 1. The maximum Gasteiger partial charge on any atom is 0.255 e. The van der Waals surface area contributed by atoms with Crippen molar-refractivity contribution in [1.29, 1.82) is 0 Å². The van der Waals surface area contributed by atoms with Crippen molar-refractivity contribution in [3.63, 3.8) is 0 Å². The summed E-state index contributed by atoms with van der Waals surface area (Å²) in [6, 6.07) is -0.0934. The molecule has 0 bridgehead atoms. The van der Waals surface area contributed by atoms with Crippen LogP contribution in [-0.4, -0.2) is 50.4 Å². The molecule has 0 aliphatic rings. The molecular formula is C16H20N6O2. The predicted molar refractivity (Wildman–Crippen MR) is 89.6 cm³/mol. The molecule has 0 spiro atoms. The lowest BCUT2D eigenvalue weighted by atomic mass is 10.2. The molecule has 126 valence electrons. The lowest BCUT2D eigenvalue weighted by Crippen LogP contribution is -2.35. The van der Waals surface area contributed by atoms with Gasteiger partial charge in [0.2, 0.25) is 0 Å². The molecule has 8 nitrogen and oxygen atoms in total. The van der Waals surface area contributed by atoms with E-state index in [1.165, 1.54) is 0 Å². The molecule has 0 aliphatic heterocycles. The lowest BCUT2D eigenvalue weighted by Gasteiger charge is -2.11. The number of hydrogen-bond donors (Lipinski definition) is 2. The van der Waals surface area contributed by atoms with Crippen LogP contribution in [0.1, 0.15) is 23.0 Å². The Labute approximate surface area is 139 Å². The first-order chi connectivity index (χ1) is 11.5. The summed E-state index contributed by atoms with van der Waals surface area (Å²) < 4.78 is 6.77. The minimum Gasteiger partial charge on any atom is -0.383 e. The first-order valence-electron chi connectivity index (χ1n) is 7.64. The first kappa shape index (κ1) is 16.1. The van der Waals surface area contributed by atoms with E-state index < -0.39 is 0 Å². The topological polar surface area (TPSA) is 97.7 Å². The number of aromatic amines is 1. The molecule has 8 heteroatoms. The Morgan fingerprint density at radius 1 is 1.50 bits per heavy atom. The summed E-state index contributed by atoms with van der Waals surface area (Å²) in [5, 5.41) is 7.20. The number of nitrogens with zero attached hydrogens (tertiary/aromatic N) is 4. The first-order valence-corrected chi connectivity index (χ1v) is 7.64. The number of methoxy groups -OCH3 is 1. The summed E-state index contributed by atoms with van der Waals surface area (Å²) in [6.07, 6.45) is 5.19. The van der Waals surface area contributed by atoms with Crippen molar-refractivity contribution in [2.75, 3.05) is 13.7 Å². The highest BCUT2D eigenvalue weighted by molar-refractivity contribution is 6.04. The molecule has 0 radical (unpaired) electrons. The van der Waals surface area contributed by atoms with Gasteiger partial charge in [-0.05, 0) is 13.8 Å². The molecule has 3 aromatic rings. The number of nitrogens with one attached hydrogen (secondary N) is 2. The van der Waals surface area contributed by atoms with E-state index in [9.17, 15) is 4.79 Å². The normalized spacial score (nSPS) is 12.5. The molecule has 3 heterocycles. The van der Waals surface area contributed by atoms with Gasteiger partial charge in [-0.15, -0.1) is 0 Å². The third-order valence-electron chi connectivity index (χ3n) is 3.71. The monoisotopic (exact) mass is 328 g/mol. The van der Waals surface area contributed by atoms with Crippen LogP contribution in [0, 0.1) is 6.92 Å². The van der Waals surface area contributed by atoms with Crippen molar-refractivity contribution >= 4 is 17.1 Å². The molecule has 2 N–H and O–H groups in total. The van der Waals surface area contributed by atoms with Gasteiger partial charge in [-0.25, -0.2) is 9.97 Å². The molecule has 0 saturated carbocycles. The molecule has 3 aromatic heterocycles. The minimum atomic E-state index is -0.208. The number of fused-ring (bicyclic) bond motifs is 1. The van der Waals surface area contributed by atoms with Crippen LogP contribution in [0.5, 0.6) is 0 Å². The van der Waals surface area contributed by atoms with Gasteiger partial charge < -0.3 is 15.0 Å². The van der Waals surface area contributed by atoms with Crippen LogP contribution in [0.3, 0.4) is 0 Å². The number of aryl methyl sites for hydroxylation is 2. The van der Waals surface area contributed by atoms with E-state index in [2.05, 4.69) is 25.4 Å². The standard InChI is InChI=1S/C16H20N6O2/c1-9(8-24-4)19-16(23)11-5-17-15-14(11)20-13(6-18-15)12-7-22(3)21-10(12)2/h5-7,9H,8H2,1-4H3,(H,17,18)(H,19,23). The summed E-state index contributed by atoms with van der Waals surface area (Å²) in [5.74, 6) is -0.208. The maximum atomic E-state index is 12.5. The van der Waals surface area contributed by atoms with Crippen molar-refractivity contribution < 1.29 is 9.53 Å². The number of hydrogen-bond acceptors (Lipinski definition) is 5. The number of aromatic nitrogens is 5. The van der Waals surface area contributed by atoms with Gasteiger partial charge in [-0.2, -0.15) is 5.10 Å². The third kappa shape index (κ3) is 3.00. The molecular weight excluding hydrogens is 308 g/mol. The quantitative estimate of drug-likeness (QED) is 0.738. The van der Waals surface area contributed by atoms with Crippen molar-refractivity contribution in [3.8, 4) is 11.3 Å². The third-order valence-corrected chi connectivity index (χ3v) is 3.71. The summed E-state index contributed by atoms with van der Waals surface area (Å²) in [7, 11) is 3.46. The van der Waals surface area contributed by atoms with Crippen molar-refractivity contribution in [1.82, 2.24) is 30.0 Å². The van der Waals surface area contributed by atoms with Gasteiger partial charge in [-0.3, -0.25) is 9.48 Å². The molecule has 3 rings (SSSR count). The Hall–Kier alpha value is -2.74. The van der Waals surface area contributed by atoms with Crippen LogP contribution in [0.2, 0.25) is 0 Å². The van der Waals surface area contributed by atoms with Crippen LogP contribution < -0.4 is 5.32 Å². The van der Waals surface area contributed by atoms with E-state index >= 15 is 0 Å². The Kier molecular flexibility index (Phi) is 4.30. The number of carbonyl (C=O) groups excluding carboxylic acids is 1. The van der Waals surface area contributed by atoms with Crippen LogP contribution in [0.15, 0.2) is 18.6 Å². The summed E-state index contributed by atoms with van der Waals surface area (Å²) in [6.45, 7) is 4.24. The average Bonchev–Trinajstić information content (AvgIpc) is 3.09. The second-order valence-corrected chi connectivity index (χ2v) is 5.79. The van der Waals surface area contributed by atoms with Gasteiger partial charge >= 0.3 is 0 Å². The Balaban J connectivity index is 1.97. The van der Waals surface area contributed by atoms with E-state index in [1.807, 2.05) is 27.1 Å². The van der Waals surface area contributed by atoms with Crippen molar-refractivity contribution in [3.05, 3.63) is 29.8 Å². The molecule has 1 unspecified atom stereocenters. The van der Waals surface area contributed by atoms with Gasteiger partial charge in [0.15, 0.2) is 5.65 Å². The predicted octanol–water partition coefficient (Wildman–Crippen LogP) is 1.43. The highest BCUT2D eigenvalue weighted by atomic mass is 16.5. The number of H-pyrrole nitrogens is 1.